The lowest BCUT2D eigenvalue weighted by Crippen LogP contribution is -2.56. The molecule has 1 aliphatic rings. The van der Waals surface area contributed by atoms with Crippen molar-refractivity contribution in [2.24, 2.45) is 0 Å². The fourth-order valence-corrected chi connectivity index (χ4v) is 3.84. The van der Waals surface area contributed by atoms with Crippen LogP contribution in [0, 0.1) is 12.7 Å². The topological polar surface area (TPSA) is 35.6 Å². The Hall–Kier alpha value is -1.60. The maximum atomic E-state index is 13.6. The Bertz CT molecular complexity index is 889. The van der Waals surface area contributed by atoms with Gasteiger partial charge in [-0.25, -0.2) is 4.39 Å². The number of benzene rings is 2. The number of halogens is 4. The zero-order valence-electron chi connectivity index (χ0n) is 14.8. The summed E-state index contributed by atoms with van der Waals surface area (Å²) in [6, 6.07) is 13.1. The summed E-state index contributed by atoms with van der Waals surface area (Å²) in [5.74, 6) is -0.757. The maximum Gasteiger partial charge on any atom is 0.252 e. The van der Waals surface area contributed by atoms with Crippen molar-refractivity contribution < 1.29 is 9.18 Å². The van der Waals surface area contributed by atoms with Gasteiger partial charge in [0.25, 0.3) is 5.91 Å². The van der Waals surface area contributed by atoms with Crippen LogP contribution >= 0.6 is 47.0 Å². The summed E-state index contributed by atoms with van der Waals surface area (Å²) >= 11 is 24.0. The molecule has 4 nitrogen and oxygen atoms in total. The summed E-state index contributed by atoms with van der Waals surface area (Å²) in [6.07, 6.45) is -0.989. The Balaban J connectivity index is 1.81. The molecule has 148 valence electrons. The fraction of sp³-hybridized carbons (Fsp3) is 0.263. The van der Waals surface area contributed by atoms with Crippen molar-refractivity contribution in [3.63, 3.8) is 0 Å². The van der Waals surface area contributed by atoms with E-state index >= 15 is 0 Å². The van der Waals surface area contributed by atoms with Crippen LogP contribution in [0.25, 0.3) is 0 Å². The number of thiocarbonyl (C=S) groups is 1. The molecule has 1 aliphatic heterocycles. The van der Waals surface area contributed by atoms with Gasteiger partial charge in [0.1, 0.15) is 5.82 Å². The average molecular weight is 461 g/mol. The lowest BCUT2D eigenvalue weighted by Gasteiger charge is -2.35. The Morgan fingerprint density at radius 1 is 1.18 bits per heavy atom. The van der Waals surface area contributed by atoms with Crippen molar-refractivity contribution in [3.05, 3.63) is 65.5 Å². The lowest BCUT2D eigenvalue weighted by molar-refractivity contribution is 0.0905. The first-order valence-corrected chi connectivity index (χ1v) is 9.99. The van der Waals surface area contributed by atoms with Crippen LogP contribution in [0.3, 0.4) is 0 Å². The molecule has 9 heteroatoms. The zero-order valence-corrected chi connectivity index (χ0v) is 17.9. The highest BCUT2D eigenvalue weighted by atomic mass is 35.6. The van der Waals surface area contributed by atoms with E-state index in [2.05, 4.69) is 5.32 Å². The van der Waals surface area contributed by atoms with Crippen molar-refractivity contribution in [1.82, 2.24) is 10.2 Å². The summed E-state index contributed by atoms with van der Waals surface area (Å²) < 4.78 is 11.7. The molecule has 0 aromatic heterocycles. The molecule has 1 amide bonds. The van der Waals surface area contributed by atoms with Gasteiger partial charge < -0.3 is 15.1 Å². The highest BCUT2D eigenvalue weighted by Gasteiger charge is 2.43. The van der Waals surface area contributed by atoms with Crippen LogP contribution in [0.2, 0.25) is 0 Å². The number of carbonyl (C=O) groups excluding carboxylic acids is 1. The lowest BCUT2D eigenvalue weighted by atomic mass is 10.1. The second kappa shape index (κ2) is 8.41. The van der Waals surface area contributed by atoms with Crippen molar-refractivity contribution in [1.29, 1.82) is 0 Å². The van der Waals surface area contributed by atoms with Gasteiger partial charge in [-0.1, -0.05) is 58.6 Å². The van der Waals surface area contributed by atoms with Gasteiger partial charge in [0, 0.05) is 24.3 Å². The van der Waals surface area contributed by atoms with E-state index in [1.165, 1.54) is 12.1 Å². The second-order valence-corrected chi connectivity index (χ2v) is 9.13. The normalized spacial score (nSPS) is 15.7. The number of aryl methyl sites for hydroxylation is 1. The minimum Gasteiger partial charge on any atom is -0.328 e. The summed E-state index contributed by atoms with van der Waals surface area (Å²) in [7, 11) is 0. The molecule has 1 unspecified atom stereocenters. The number of nitrogens with one attached hydrogen (secondary N) is 1. The third-order valence-corrected chi connectivity index (χ3v) is 5.44. The zero-order chi connectivity index (χ0) is 20.5. The molecule has 3 rings (SSSR count). The van der Waals surface area contributed by atoms with Crippen LogP contribution in [0.15, 0.2) is 48.5 Å². The smallest absolute Gasteiger partial charge is 0.252 e. The summed E-state index contributed by atoms with van der Waals surface area (Å²) in [5, 5.41) is 3.09. The Labute approximate surface area is 183 Å². The molecule has 1 fully saturated rings. The van der Waals surface area contributed by atoms with E-state index in [9.17, 15) is 9.18 Å². The van der Waals surface area contributed by atoms with Gasteiger partial charge in [0.05, 0.1) is 0 Å². The average Bonchev–Trinajstić information content (AvgIpc) is 3.00. The molecule has 1 N–H and O–H groups in total. The van der Waals surface area contributed by atoms with E-state index in [-0.39, 0.29) is 11.7 Å². The van der Waals surface area contributed by atoms with Crippen molar-refractivity contribution in [2.75, 3.05) is 18.0 Å². The molecule has 0 bridgehead atoms. The number of amides is 1. The number of carbonyl (C=O) groups is 1. The summed E-state index contributed by atoms with van der Waals surface area (Å²) in [4.78, 5) is 16.0. The first-order chi connectivity index (χ1) is 13.2. The SMILES string of the molecule is Cc1ccc(C(=O)NC(N2CCN(c3cccc(F)c3)C2=S)C(Cl)(Cl)Cl)cc1. The van der Waals surface area contributed by atoms with Crippen LogP contribution < -0.4 is 10.2 Å². The van der Waals surface area contributed by atoms with E-state index in [0.29, 0.717) is 29.5 Å². The van der Waals surface area contributed by atoms with Crippen LogP contribution in [-0.4, -0.2) is 39.0 Å². The molecular formula is C19H17Cl3FN3OS. The van der Waals surface area contributed by atoms with E-state index in [1.54, 1.807) is 34.1 Å². The maximum absolute atomic E-state index is 13.6. The van der Waals surface area contributed by atoms with Gasteiger partial charge in [0.15, 0.2) is 11.3 Å². The highest BCUT2D eigenvalue weighted by molar-refractivity contribution is 7.80. The molecule has 0 aliphatic carbocycles. The van der Waals surface area contributed by atoms with Gasteiger partial charge in [-0.15, -0.1) is 0 Å². The Morgan fingerprint density at radius 3 is 2.46 bits per heavy atom. The Morgan fingerprint density at radius 2 is 1.86 bits per heavy atom. The van der Waals surface area contributed by atoms with E-state index < -0.39 is 9.96 Å². The van der Waals surface area contributed by atoms with Gasteiger partial charge in [-0.2, -0.15) is 0 Å². The quantitative estimate of drug-likeness (QED) is 0.531. The molecule has 1 saturated heterocycles. The molecule has 1 heterocycles. The Kier molecular flexibility index (Phi) is 6.34. The van der Waals surface area contributed by atoms with Gasteiger partial charge in [-0.3, -0.25) is 4.79 Å². The van der Waals surface area contributed by atoms with E-state index in [0.717, 1.165) is 5.56 Å². The van der Waals surface area contributed by atoms with Crippen molar-refractivity contribution in [2.45, 2.75) is 16.9 Å². The second-order valence-electron chi connectivity index (χ2n) is 6.39. The predicted octanol–water partition coefficient (Wildman–Crippen LogP) is 4.67. The monoisotopic (exact) mass is 459 g/mol. The van der Waals surface area contributed by atoms with E-state index in [1.807, 2.05) is 19.1 Å². The van der Waals surface area contributed by atoms with Crippen LogP contribution in [-0.2, 0) is 0 Å². The van der Waals surface area contributed by atoms with Crippen LogP contribution in [0.4, 0.5) is 10.1 Å². The molecule has 0 saturated carbocycles. The van der Waals surface area contributed by atoms with Crippen molar-refractivity contribution >= 4 is 63.7 Å². The fourth-order valence-electron chi connectivity index (χ4n) is 2.93. The number of nitrogens with zero attached hydrogens (tertiary/aromatic N) is 2. The first-order valence-electron chi connectivity index (χ1n) is 8.45. The van der Waals surface area contributed by atoms with Gasteiger partial charge in [0.2, 0.25) is 3.79 Å². The highest BCUT2D eigenvalue weighted by Crippen LogP contribution is 2.35. The van der Waals surface area contributed by atoms with Crippen LogP contribution in [0.5, 0.6) is 0 Å². The van der Waals surface area contributed by atoms with Gasteiger partial charge in [-0.05, 0) is 49.5 Å². The third-order valence-electron chi connectivity index (χ3n) is 4.36. The number of anilines is 1. The first kappa shape index (κ1) is 21.1. The van der Waals surface area contributed by atoms with E-state index in [4.69, 9.17) is 47.0 Å². The molecular weight excluding hydrogens is 444 g/mol. The minimum absolute atomic E-state index is 0.339. The third kappa shape index (κ3) is 4.69. The number of hydrogen-bond donors (Lipinski definition) is 1. The van der Waals surface area contributed by atoms with Gasteiger partial charge >= 0.3 is 0 Å². The minimum atomic E-state index is -1.83. The molecule has 1 atom stereocenters. The molecule has 2 aromatic carbocycles. The predicted molar refractivity (Wildman–Crippen MR) is 116 cm³/mol. The summed E-state index contributed by atoms with van der Waals surface area (Å²) in [5.41, 5.74) is 2.07. The molecule has 0 radical (unpaired) electrons. The largest absolute Gasteiger partial charge is 0.328 e. The number of rotatable bonds is 4. The molecule has 2 aromatic rings. The number of hydrogen-bond acceptors (Lipinski definition) is 2. The van der Waals surface area contributed by atoms with Crippen molar-refractivity contribution in [3.8, 4) is 0 Å². The number of alkyl halides is 3. The molecule has 28 heavy (non-hydrogen) atoms. The summed E-state index contributed by atoms with van der Waals surface area (Å²) in [6.45, 7) is 2.80. The standard InChI is InChI=1S/C19H17Cl3FN3OS/c1-12-5-7-13(8-6-12)16(27)24-17(19(20,21)22)26-10-9-25(18(26)28)15-4-2-3-14(23)11-15/h2-8,11,17H,9-10H2,1H3,(H,24,27). The van der Waals surface area contributed by atoms with Crippen LogP contribution in [0.1, 0.15) is 15.9 Å². The molecule has 0 spiro atoms.